The summed E-state index contributed by atoms with van der Waals surface area (Å²) in [6, 6.07) is 10.5. The highest BCUT2D eigenvalue weighted by molar-refractivity contribution is 6.30. The van der Waals surface area contributed by atoms with Gasteiger partial charge in [-0.1, -0.05) is 43.7 Å². The van der Waals surface area contributed by atoms with Crippen molar-refractivity contribution in [2.75, 3.05) is 32.3 Å². The number of esters is 1. The number of methoxy groups -OCH3 is 2. The fraction of sp³-hybridized carbons (Fsp3) is 0.393. The maximum atomic E-state index is 14.0. The molecule has 1 aliphatic rings. The van der Waals surface area contributed by atoms with Gasteiger partial charge in [-0.3, -0.25) is 9.59 Å². The number of ether oxygens (including phenoxy) is 4. The molecule has 38 heavy (non-hydrogen) atoms. The zero-order chi connectivity index (χ0) is 28.0. The largest absolute Gasteiger partial charge is 0.493 e. The number of carbonyl (C=O) groups is 3. The molecule has 3 rings (SSSR count). The standard InChI is InChI=1S/C28H32ClNO8/c1-17(31)37-16-28(2,3)15-30-21-13-12-18(29)14-20(21)25(19-8-6-9-22(35-4)26(19)36-5)38-23(27(30)34)10-7-11-24(32)33/h6-9,11-14,23,25H,10,15-16H2,1-5H3,(H,32,33)/t23-,25-/m1/s1. The number of amides is 1. The first-order valence-electron chi connectivity index (χ1n) is 12.0. The Labute approximate surface area is 226 Å². The van der Waals surface area contributed by atoms with Gasteiger partial charge in [-0.2, -0.15) is 0 Å². The fourth-order valence-electron chi connectivity index (χ4n) is 4.31. The SMILES string of the molecule is COc1cccc([C@H]2O[C@H](CC=CC(=O)O)C(=O)N(CC(C)(C)COC(C)=O)c3ccc(Cl)cc32)c1OC. The van der Waals surface area contributed by atoms with Gasteiger partial charge in [0.2, 0.25) is 0 Å². The molecule has 9 nitrogen and oxygen atoms in total. The molecule has 0 spiro atoms. The maximum absolute atomic E-state index is 14.0. The van der Waals surface area contributed by atoms with Gasteiger partial charge < -0.3 is 29.0 Å². The molecule has 0 saturated carbocycles. The molecule has 1 heterocycles. The summed E-state index contributed by atoms with van der Waals surface area (Å²) in [7, 11) is 3.04. The molecule has 0 bridgehead atoms. The van der Waals surface area contributed by atoms with E-state index in [0.29, 0.717) is 33.3 Å². The van der Waals surface area contributed by atoms with Crippen LogP contribution in [0.2, 0.25) is 5.02 Å². The molecule has 2 aromatic carbocycles. The van der Waals surface area contributed by atoms with E-state index in [1.165, 1.54) is 27.2 Å². The number of carbonyl (C=O) groups excluding carboxylic acids is 2. The van der Waals surface area contributed by atoms with Crippen molar-refractivity contribution in [3.63, 3.8) is 0 Å². The summed E-state index contributed by atoms with van der Waals surface area (Å²) in [5.41, 5.74) is 1.17. The Hall–Kier alpha value is -3.56. The third-order valence-electron chi connectivity index (χ3n) is 5.98. The lowest BCUT2D eigenvalue weighted by molar-refractivity contribution is -0.143. The minimum absolute atomic E-state index is 0.0104. The van der Waals surface area contributed by atoms with Gasteiger partial charge in [0.05, 0.1) is 20.8 Å². The van der Waals surface area contributed by atoms with Crippen LogP contribution in [0, 0.1) is 5.41 Å². The summed E-state index contributed by atoms with van der Waals surface area (Å²) in [4.78, 5) is 38.1. The van der Waals surface area contributed by atoms with Crippen molar-refractivity contribution in [2.24, 2.45) is 5.41 Å². The topological polar surface area (TPSA) is 112 Å². The third-order valence-corrected chi connectivity index (χ3v) is 6.22. The van der Waals surface area contributed by atoms with Crippen LogP contribution >= 0.6 is 11.6 Å². The van der Waals surface area contributed by atoms with E-state index in [9.17, 15) is 14.4 Å². The van der Waals surface area contributed by atoms with Crippen molar-refractivity contribution in [2.45, 2.75) is 39.4 Å². The number of anilines is 1. The minimum atomic E-state index is -1.13. The Kier molecular flexibility index (Phi) is 9.40. The molecule has 1 N–H and O–H groups in total. The van der Waals surface area contributed by atoms with Crippen LogP contribution in [0.4, 0.5) is 5.69 Å². The van der Waals surface area contributed by atoms with Crippen LogP contribution in [0.25, 0.3) is 0 Å². The Balaban J connectivity index is 2.19. The average molecular weight is 546 g/mol. The Morgan fingerprint density at radius 3 is 2.53 bits per heavy atom. The summed E-state index contributed by atoms with van der Waals surface area (Å²) in [6.45, 7) is 5.37. The molecule has 0 aromatic heterocycles. The number of carboxylic acids is 1. The molecule has 0 unspecified atom stereocenters. The fourth-order valence-corrected chi connectivity index (χ4v) is 4.49. The average Bonchev–Trinajstić information content (AvgIpc) is 2.97. The van der Waals surface area contributed by atoms with Gasteiger partial charge in [0, 0.05) is 53.2 Å². The highest BCUT2D eigenvalue weighted by Crippen LogP contribution is 2.45. The molecule has 0 saturated heterocycles. The molecule has 2 aromatic rings. The number of benzene rings is 2. The van der Waals surface area contributed by atoms with Crippen molar-refractivity contribution in [3.05, 3.63) is 64.7 Å². The third kappa shape index (κ3) is 6.85. The normalized spacial score (nSPS) is 17.6. The predicted molar refractivity (Wildman–Crippen MR) is 142 cm³/mol. The number of halogens is 1. The monoisotopic (exact) mass is 545 g/mol. The predicted octanol–water partition coefficient (Wildman–Crippen LogP) is 4.80. The zero-order valence-electron chi connectivity index (χ0n) is 22.0. The Bertz CT molecular complexity index is 1230. The van der Waals surface area contributed by atoms with Gasteiger partial charge >= 0.3 is 11.9 Å². The highest BCUT2D eigenvalue weighted by atomic mass is 35.5. The van der Waals surface area contributed by atoms with Crippen LogP contribution in [0.1, 0.15) is 44.4 Å². The highest BCUT2D eigenvalue weighted by Gasteiger charge is 2.39. The number of hydrogen-bond donors (Lipinski definition) is 1. The number of fused-ring (bicyclic) bond motifs is 1. The van der Waals surface area contributed by atoms with Gasteiger partial charge in [0.15, 0.2) is 11.5 Å². The van der Waals surface area contributed by atoms with E-state index in [1.54, 1.807) is 35.2 Å². The van der Waals surface area contributed by atoms with E-state index in [4.69, 9.17) is 35.7 Å². The summed E-state index contributed by atoms with van der Waals surface area (Å²) < 4.78 is 22.8. The number of rotatable bonds is 10. The second-order valence-electron chi connectivity index (χ2n) is 9.64. The van der Waals surface area contributed by atoms with Gasteiger partial charge in [-0.05, 0) is 24.3 Å². The van der Waals surface area contributed by atoms with E-state index in [-0.39, 0.29) is 25.5 Å². The molecular weight excluding hydrogens is 514 g/mol. The number of hydrogen-bond acceptors (Lipinski definition) is 7. The molecule has 0 aliphatic carbocycles. The van der Waals surface area contributed by atoms with Crippen LogP contribution in [0.15, 0.2) is 48.6 Å². The van der Waals surface area contributed by atoms with Crippen LogP contribution < -0.4 is 14.4 Å². The van der Waals surface area contributed by atoms with E-state index >= 15 is 0 Å². The van der Waals surface area contributed by atoms with E-state index in [0.717, 1.165) is 6.08 Å². The zero-order valence-corrected chi connectivity index (χ0v) is 22.8. The lowest BCUT2D eigenvalue weighted by Gasteiger charge is -2.33. The Morgan fingerprint density at radius 2 is 1.89 bits per heavy atom. The molecular formula is C28H32ClNO8. The molecule has 10 heteroatoms. The molecule has 0 fully saturated rings. The maximum Gasteiger partial charge on any atom is 0.327 e. The van der Waals surface area contributed by atoms with Gasteiger partial charge in [-0.25, -0.2) is 4.79 Å². The van der Waals surface area contributed by atoms with Crippen LogP contribution in [0.5, 0.6) is 11.5 Å². The molecule has 204 valence electrons. The minimum Gasteiger partial charge on any atom is -0.493 e. The van der Waals surface area contributed by atoms with Gasteiger partial charge in [0.1, 0.15) is 12.2 Å². The molecule has 2 atom stereocenters. The van der Waals surface area contributed by atoms with Gasteiger partial charge in [-0.15, -0.1) is 0 Å². The summed E-state index contributed by atoms with van der Waals surface area (Å²) in [5.74, 6) is -1.01. The lowest BCUT2D eigenvalue weighted by atomic mass is 9.92. The van der Waals surface area contributed by atoms with Crippen LogP contribution in [-0.2, 0) is 23.9 Å². The summed E-state index contributed by atoms with van der Waals surface area (Å²) in [6.07, 6.45) is 0.526. The van der Waals surface area contributed by atoms with E-state index in [1.807, 2.05) is 19.9 Å². The van der Waals surface area contributed by atoms with Crippen LogP contribution in [0.3, 0.4) is 0 Å². The van der Waals surface area contributed by atoms with E-state index in [2.05, 4.69) is 0 Å². The second-order valence-corrected chi connectivity index (χ2v) is 10.1. The number of aliphatic carboxylic acids is 1. The lowest BCUT2D eigenvalue weighted by Crippen LogP contribution is -2.45. The van der Waals surface area contributed by atoms with Crippen LogP contribution in [-0.4, -0.2) is 56.4 Å². The number of para-hydroxylation sites is 1. The Morgan fingerprint density at radius 1 is 1.16 bits per heavy atom. The number of carboxylic acid groups (broad SMARTS) is 1. The molecule has 1 aliphatic heterocycles. The summed E-state index contributed by atoms with van der Waals surface area (Å²) >= 11 is 6.42. The van der Waals surface area contributed by atoms with Crippen molar-refractivity contribution in [3.8, 4) is 11.5 Å². The quantitative estimate of drug-likeness (QED) is 0.335. The van der Waals surface area contributed by atoms with Crippen molar-refractivity contribution in [1.29, 1.82) is 0 Å². The van der Waals surface area contributed by atoms with Crippen molar-refractivity contribution < 1.29 is 38.4 Å². The molecule has 1 amide bonds. The molecule has 0 radical (unpaired) electrons. The first-order valence-corrected chi connectivity index (χ1v) is 12.3. The smallest absolute Gasteiger partial charge is 0.327 e. The summed E-state index contributed by atoms with van der Waals surface area (Å²) in [5, 5.41) is 9.53. The number of nitrogens with zero attached hydrogens (tertiary/aromatic N) is 1. The first-order chi connectivity index (χ1) is 18.0. The first kappa shape index (κ1) is 29.0. The van der Waals surface area contributed by atoms with E-state index < -0.39 is 29.6 Å². The van der Waals surface area contributed by atoms with Crippen molar-refractivity contribution >= 4 is 35.1 Å². The second kappa shape index (κ2) is 12.3. The van der Waals surface area contributed by atoms with Gasteiger partial charge in [0.25, 0.3) is 5.91 Å². The van der Waals surface area contributed by atoms with Crippen molar-refractivity contribution in [1.82, 2.24) is 0 Å².